The average molecular weight is 532 g/mol. The minimum Gasteiger partial charge on any atom is -0.389 e. The fraction of sp³-hybridized carbons (Fsp3) is 0.467. The molecular formula is C30H33N3O6. The predicted octanol–water partition coefficient (Wildman–Crippen LogP) is 1.24. The Bertz CT molecular complexity index is 1290. The Morgan fingerprint density at radius 3 is 2.15 bits per heavy atom. The maximum atomic E-state index is 14.5. The molecule has 7 rings (SSSR count). The zero-order chi connectivity index (χ0) is 27.3. The van der Waals surface area contributed by atoms with Crippen LogP contribution < -0.4 is 10.6 Å². The van der Waals surface area contributed by atoms with Gasteiger partial charge in [-0.3, -0.25) is 19.2 Å². The predicted molar refractivity (Wildman–Crippen MR) is 141 cm³/mol. The summed E-state index contributed by atoms with van der Waals surface area (Å²) in [5.41, 5.74) is 0.631. The van der Waals surface area contributed by atoms with Gasteiger partial charge in [-0.2, -0.15) is 0 Å². The van der Waals surface area contributed by atoms with Gasteiger partial charge in [0.1, 0.15) is 12.6 Å². The van der Waals surface area contributed by atoms with Crippen LogP contribution in [-0.2, 0) is 24.8 Å². The van der Waals surface area contributed by atoms with Crippen LogP contribution in [-0.4, -0.2) is 69.9 Å². The van der Waals surface area contributed by atoms with Gasteiger partial charge in [0.05, 0.1) is 6.04 Å². The smallest absolute Gasteiger partial charge is 0.264 e. The Balaban J connectivity index is 1.33. The number of nitrogens with one attached hydrogen (secondary N) is 2. The summed E-state index contributed by atoms with van der Waals surface area (Å²) in [7, 11) is 0. The van der Waals surface area contributed by atoms with Crippen LogP contribution in [0.2, 0.25) is 0 Å². The first-order chi connectivity index (χ1) is 18.8. The molecule has 3 heterocycles. The molecule has 39 heavy (non-hydrogen) atoms. The van der Waals surface area contributed by atoms with Gasteiger partial charge < -0.3 is 25.7 Å². The van der Waals surface area contributed by atoms with Gasteiger partial charge in [0.25, 0.3) is 5.91 Å². The number of piperidine rings is 2. The van der Waals surface area contributed by atoms with Crippen molar-refractivity contribution in [2.24, 2.45) is 11.8 Å². The standard InChI is InChI=1S/C30H33N3O6/c34-16-25(35)24(15-18-13-14-31-27(18)36)32-28(37)26-17-9-11-19(12-10-17)33(26)29(38)30(39)22-7-3-1-5-20(22)21-6-2-4-8-23(21)30/h1-8,17-19,24,26,34,39H,9-16H2,(H,31,36)(H,32,37)/t17?,18-,19?,24+,26+/m1/s1. The Hall–Kier alpha value is -3.56. The SMILES string of the molecule is O=C1NCC[C@@H]1C[C@H](NC(=O)[C@@H]1C2CCC(CC2)N1C(=O)C1(O)c2ccccc2-c2ccccc21)C(=O)CO. The van der Waals surface area contributed by atoms with Crippen molar-refractivity contribution in [2.75, 3.05) is 13.2 Å². The molecule has 0 spiro atoms. The highest BCUT2D eigenvalue weighted by atomic mass is 16.3. The highest BCUT2D eigenvalue weighted by Gasteiger charge is 2.56. The van der Waals surface area contributed by atoms with Gasteiger partial charge in [-0.15, -0.1) is 0 Å². The number of amides is 3. The molecule has 0 aromatic heterocycles. The second-order valence-electron chi connectivity index (χ2n) is 11.2. The second-order valence-corrected chi connectivity index (χ2v) is 11.2. The van der Waals surface area contributed by atoms with Crippen molar-refractivity contribution in [3.05, 3.63) is 59.7 Å². The fourth-order valence-corrected chi connectivity index (χ4v) is 7.20. The zero-order valence-electron chi connectivity index (χ0n) is 21.6. The normalized spacial score (nSPS) is 26.9. The van der Waals surface area contributed by atoms with Gasteiger partial charge in [-0.1, -0.05) is 48.5 Å². The molecule has 2 aliphatic carbocycles. The summed E-state index contributed by atoms with van der Waals surface area (Å²) in [5.74, 6) is -2.30. The summed E-state index contributed by atoms with van der Waals surface area (Å²) in [5, 5.41) is 27.3. The molecule has 2 aromatic rings. The third-order valence-corrected chi connectivity index (χ3v) is 9.16. The van der Waals surface area contributed by atoms with Gasteiger partial charge in [-0.25, -0.2) is 0 Å². The van der Waals surface area contributed by atoms with E-state index >= 15 is 0 Å². The van der Waals surface area contributed by atoms with E-state index in [1.807, 2.05) is 24.3 Å². The van der Waals surface area contributed by atoms with E-state index in [0.29, 0.717) is 24.1 Å². The Labute approximate surface area is 226 Å². The number of hydrogen-bond acceptors (Lipinski definition) is 6. The molecule has 3 amide bonds. The van der Waals surface area contributed by atoms with Crippen molar-refractivity contribution in [3.8, 4) is 11.1 Å². The molecule has 0 radical (unpaired) electrons. The van der Waals surface area contributed by atoms with Crippen LogP contribution in [0, 0.1) is 11.8 Å². The van der Waals surface area contributed by atoms with E-state index in [1.54, 1.807) is 29.2 Å². The van der Waals surface area contributed by atoms with Gasteiger partial charge in [-0.05, 0) is 55.6 Å². The lowest BCUT2D eigenvalue weighted by Crippen LogP contribution is -2.66. The minimum atomic E-state index is -1.94. The van der Waals surface area contributed by atoms with E-state index < -0.39 is 47.8 Å². The van der Waals surface area contributed by atoms with Crippen LogP contribution in [0.25, 0.3) is 11.1 Å². The van der Waals surface area contributed by atoms with Crippen molar-refractivity contribution < 1.29 is 29.4 Å². The van der Waals surface area contributed by atoms with Crippen molar-refractivity contribution in [2.45, 2.75) is 62.3 Å². The Kier molecular flexibility index (Phi) is 6.51. The maximum absolute atomic E-state index is 14.5. The van der Waals surface area contributed by atoms with Gasteiger partial charge in [0.2, 0.25) is 11.8 Å². The molecular weight excluding hydrogens is 498 g/mol. The maximum Gasteiger partial charge on any atom is 0.264 e. The van der Waals surface area contributed by atoms with E-state index in [9.17, 15) is 29.4 Å². The van der Waals surface area contributed by atoms with E-state index in [1.165, 1.54) is 0 Å². The van der Waals surface area contributed by atoms with E-state index in [2.05, 4.69) is 10.6 Å². The number of hydrogen-bond donors (Lipinski definition) is 4. The largest absolute Gasteiger partial charge is 0.389 e. The van der Waals surface area contributed by atoms with Crippen molar-refractivity contribution >= 4 is 23.5 Å². The third kappa shape index (κ3) is 4.06. The summed E-state index contributed by atoms with van der Waals surface area (Å²) in [4.78, 5) is 54.7. The first kappa shape index (κ1) is 25.7. The summed E-state index contributed by atoms with van der Waals surface area (Å²) in [6, 6.07) is 12.5. The van der Waals surface area contributed by atoms with Crippen LogP contribution in [0.1, 0.15) is 49.7 Å². The van der Waals surface area contributed by atoms with E-state index in [-0.39, 0.29) is 24.3 Å². The number of fused-ring (bicyclic) bond motifs is 6. The number of rotatable bonds is 7. The van der Waals surface area contributed by atoms with Crippen molar-refractivity contribution in [1.29, 1.82) is 0 Å². The molecule has 4 N–H and O–H groups in total. The number of aliphatic hydroxyl groups excluding tert-OH is 1. The first-order valence-electron chi connectivity index (χ1n) is 13.8. The second kappa shape index (κ2) is 9.88. The van der Waals surface area contributed by atoms with Gasteiger partial charge in [0.15, 0.2) is 11.4 Å². The van der Waals surface area contributed by atoms with E-state index in [0.717, 1.165) is 36.8 Å². The number of nitrogens with zero attached hydrogens (tertiary/aromatic N) is 1. The zero-order valence-corrected chi connectivity index (χ0v) is 21.6. The van der Waals surface area contributed by atoms with Crippen molar-refractivity contribution in [1.82, 2.24) is 15.5 Å². The fourth-order valence-electron chi connectivity index (χ4n) is 7.20. The number of carbonyl (C=O) groups excluding carboxylic acids is 4. The number of Topliss-reactive ketones (excluding diaryl/α,β-unsaturated/α-hetero) is 1. The summed E-state index contributed by atoms with van der Waals surface area (Å²) < 4.78 is 0. The van der Waals surface area contributed by atoms with Crippen LogP contribution in [0.3, 0.4) is 0 Å². The molecule has 204 valence electrons. The van der Waals surface area contributed by atoms with Crippen LogP contribution in [0.15, 0.2) is 48.5 Å². The highest BCUT2D eigenvalue weighted by molar-refractivity contribution is 6.01. The molecule has 4 fully saturated rings. The quantitative estimate of drug-likeness (QED) is 0.425. The monoisotopic (exact) mass is 531 g/mol. The molecule has 1 saturated carbocycles. The molecule has 2 bridgehead atoms. The van der Waals surface area contributed by atoms with Crippen molar-refractivity contribution in [3.63, 3.8) is 0 Å². The van der Waals surface area contributed by atoms with Crippen LogP contribution in [0.5, 0.6) is 0 Å². The molecule has 0 unspecified atom stereocenters. The molecule has 9 heteroatoms. The summed E-state index contributed by atoms with van der Waals surface area (Å²) in [6.07, 6.45) is 3.65. The molecule has 3 saturated heterocycles. The van der Waals surface area contributed by atoms with Gasteiger partial charge in [0, 0.05) is 29.6 Å². The number of aliphatic hydroxyl groups is 2. The Morgan fingerprint density at radius 2 is 1.59 bits per heavy atom. The molecule has 5 aliphatic rings. The number of benzene rings is 2. The van der Waals surface area contributed by atoms with E-state index in [4.69, 9.17) is 0 Å². The first-order valence-corrected chi connectivity index (χ1v) is 13.8. The number of carbonyl (C=O) groups is 4. The lowest BCUT2D eigenvalue weighted by Gasteiger charge is -2.52. The highest BCUT2D eigenvalue weighted by Crippen LogP contribution is 2.50. The Morgan fingerprint density at radius 1 is 0.974 bits per heavy atom. The molecule has 3 aliphatic heterocycles. The van der Waals surface area contributed by atoms with Crippen LogP contribution >= 0.6 is 0 Å². The summed E-state index contributed by atoms with van der Waals surface area (Å²) in [6.45, 7) is -0.250. The average Bonchev–Trinajstić information content (AvgIpc) is 3.50. The van der Waals surface area contributed by atoms with Gasteiger partial charge >= 0.3 is 0 Å². The topological polar surface area (TPSA) is 136 Å². The molecule has 9 nitrogen and oxygen atoms in total. The lowest BCUT2D eigenvalue weighted by molar-refractivity contribution is -0.166. The number of ketones is 1. The minimum absolute atomic E-state index is 0.0937. The summed E-state index contributed by atoms with van der Waals surface area (Å²) >= 11 is 0. The van der Waals surface area contributed by atoms with Crippen LogP contribution in [0.4, 0.5) is 0 Å². The third-order valence-electron chi connectivity index (χ3n) is 9.16. The molecule has 3 atom stereocenters. The molecule has 2 aromatic carbocycles. The lowest BCUT2D eigenvalue weighted by atomic mass is 9.73.